The average Bonchev–Trinajstić information content (AvgIpc) is 2.72. The Bertz CT molecular complexity index is 778. The van der Waals surface area contributed by atoms with E-state index in [1.165, 1.54) is 19.1 Å². The second-order valence-electron chi connectivity index (χ2n) is 5.19. The normalized spacial score (nSPS) is 19.5. The van der Waals surface area contributed by atoms with Gasteiger partial charge in [-0.1, -0.05) is 17.7 Å². The second-order valence-corrected chi connectivity index (χ2v) is 5.62. The van der Waals surface area contributed by atoms with Gasteiger partial charge in [0, 0.05) is 17.5 Å². The third-order valence-electron chi connectivity index (χ3n) is 3.33. The summed E-state index contributed by atoms with van der Waals surface area (Å²) in [4.78, 5) is 35.6. The number of benzene rings is 1. The summed E-state index contributed by atoms with van der Waals surface area (Å²) in [7, 11) is 0. The van der Waals surface area contributed by atoms with E-state index in [1.54, 1.807) is 6.92 Å². The number of amides is 1. The molecular weight excluding hydrogens is 357 g/mol. The lowest BCUT2D eigenvalue weighted by Crippen LogP contribution is -2.33. The highest BCUT2D eigenvalue weighted by Crippen LogP contribution is 2.40. The van der Waals surface area contributed by atoms with E-state index in [1.807, 2.05) is 0 Å². The molecule has 0 bridgehead atoms. The molecule has 1 N–H and O–H groups in total. The van der Waals surface area contributed by atoms with Crippen molar-refractivity contribution in [2.45, 2.75) is 26.4 Å². The van der Waals surface area contributed by atoms with Gasteiger partial charge in [0.15, 0.2) is 0 Å². The molecule has 0 radical (unpaired) electrons. The monoisotopic (exact) mass is 371 g/mol. The molecule has 0 saturated carbocycles. The van der Waals surface area contributed by atoms with Crippen molar-refractivity contribution in [2.24, 2.45) is 0 Å². The molecule has 0 fully saturated rings. The molecule has 7 nitrogen and oxygen atoms in total. The first-order valence-corrected chi connectivity index (χ1v) is 7.62. The average molecular weight is 372 g/mol. The van der Waals surface area contributed by atoms with Crippen LogP contribution < -0.4 is 5.32 Å². The van der Waals surface area contributed by atoms with E-state index in [4.69, 9.17) is 25.8 Å². The standard InChI is InChI=1S/C16H15ClFNO6/c1-4-23-15(22)19-14-12(24-8(2)20)13(21)16(3,25-14)10-6-5-9(17)7-11(10)18/h5-7H,4H2,1-3H3,(H,19,22). The molecule has 25 heavy (non-hydrogen) atoms. The first-order valence-electron chi connectivity index (χ1n) is 7.24. The molecule has 1 aliphatic heterocycles. The molecule has 1 unspecified atom stereocenters. The number of rotatable bonds is 4. The van der Waals surface area contributed by atoms with Gasteiger partial charge >= 0.3 is 12.1 Å². The molecule has 1 aromatic rings. The topological polar surface area (TPSA) is 90.9 Å². The molecule has 1 amide bonds. The summed E-state index contributed by atoms with van der Waals surface area (Å²) in [5.41, 5.74) is -1.99. The van der Waals surface area contributed by atoms with E-state index in [9.17, 15) is 18.8 Å². The van der Waals surface area contributed by atoms with Crippen LogP contribution >= 0.6 is 11.6 Å². The van der Waals surface area contributed by atoms with E-state index < -0.39 is 40.9 Å². The van der Waals surface area contributed by atoms with Gasteiger partial charge in [-0.3, -0.25) is 14.9 Å². The maximum Gasteiger partial charge on any atom is 0.414 e. The number of halogens is 2. The Morgan fingerprint density at radius 1 is 1.40 bits per heavy atom. The number of esters is 1. The maximum atomic E-state index is 14.3. The maximum absolute atomic E-state index is 14.3. The summed E-state index contributed by atoms with van der Waals surface area (Å²) < 4.78 is 29.3. The lowest BCUT2D eigenvalue weighted by molar-refractivity contribution is -0.142. The van der Waals surface area contributed by atoms with Crippen LogP contribution in [0.5, 0.6) is 0 Å². The molecule has 0 spiro atoms. The third-order valence-corrected chi connectivity index (χ3v) is 3.57. The molecule has 0 saturated heterocycles. The van der Waals surface area contributed by atoms with Crippen molar-refractivity contribution in [1.82, 2.24) is 5.32 Å². The van der Waals surface area contributed by atoms with Gasteiger partial charge in [0.2, 0.25) is 17.2 Å². The number of ether oxygens (including phenoxy) is 3. The number of carbonyl (C=O) groups excluding carboxylic acids is 3. The van der Waals surface area contributed by atoms with Gasteiger partial charge in [-0.2, -0.15) is 0 Å². The van der Waals surface area contributed by atoms with Crippen LogP contribution in [0.4, 0.5) is 9.18 Å². The fraction of sp³-hybridized carbons (Fsp3) is 0.312. The SMILES string of the molecule is CCOC(=O)NC1=C(OC(C)=O)C(=O)C(C)(c2ccc(Cl)cc2F)O1. The van der Waals surface area contributed by atoms with Gasteiger partial charge in [0.1, 0.15) is 5.82 Å². The van der Waals surface area contributed by atoms with Gasteiger partial charge < -0.3 is 14.2 Å². The van der Waals surface area contributed by atoms with E-state index in [0.717, 1.165) is 13.0 Å². The molecule has 0 aliphatic carbocycles. The number of alkyl carbamates (subject to hydrolysis) is 1. The molecule has 1 heterocycles. The zero-order chi connectivity index (χ0) is 18.8. The van der Waals surface area contributed by atoms with Gasteiger partial charge in [-0.25, -0.2) is 9.18 Å². The number of hydrogen-bond acceptors (Lipinski definition) is 6. The largest absolute Gasteiger partial charge is 0.456 e. The van der Waals surface area contributed by atoms with Gasteiger partial charge in [0.05, 0.1) is 6.61 Å². The van der Waals surface area contributed by atoms with E-state index in [2.05, 4.69) is 5.32 Å². The van der Waals surface area contributed by atoms with Crippen molar-refractivity contribution in [3.8, 4) is 0 Å². The van der Waals surface area contributed by atoms with Gasteiger partial charge in [-0.05, 0) is 26.0 Å². The van der Waals surface area contributed by atoms with Crippen molar-refractivity contribution in [3.63, 3.8) is 0 Å². The lowest BCUT2D eigenvalue weighted by atomic mass is 9.91. The summed E-state index contributed by atoms with van der Waals surface area (Å²) in [6.07, 6.45) is -0.921. The predicted molar refractivity (Wildman–Crippen MR) is 83.8 cm³/mol. The van der Waals surface area contributed by atoms with E-state index in [-0.39, 0.29) is 17.2 Å². The zero-order valence-corrected chi connectivity index (χ0v) is 14.4. The lowest BCUT2D eigenvalue weighted by Gasteiger charge is -2.24. The Labute approximate surface area is 147 Å². The van der Waals surface area contributed by atoms with E-state index >= 15 is 0 Å². The second kappa shape index (κ2) is 7.10. The van der Waals surface area contributed by atoms with Crippen LogP contribution in [-0.4, -0.2) is 24.5 Å². The Morgan fingerprint density at radius 3 is 2.64 bits per heavy atom. The Kier molecular flexibility index (Phi) is 5.32. The minimum Gasteiger partial charge on any atom is -0.456 e. The van der Waals surface area contributed by atoms with Gasteiger partial charge in [-0.15, -0.1) is 0 Å². The molecule has 1 aromatic carbocycles. The van der Waals surface area contributed by atoms with Crippen LogP contribution in [0.3, 0.4) is 0 Å². The van der Waals surface area contributed by atoms with Crippen molar-refractivity contribution in [3.05, 3.63) is 46.2 Å². The molecule has 1 atom stereocenters. The van der Waals surface area contributed by atoms with Crippen molar-refractivity contribution in [1.29, 1.82) is 0 Å². The van der Waals surface area contributed by atoms with Crippen LogP contribution in [0.2, 0.25) is 5.02 Å². The molecule has 134 valence electrons. The summed E-state index contributed by atoms with van der Waals surface area (Å²) in [5.74, 6) is -3.41. The minimum absolute atomic E-state index is 0.0685. The Hall–Kier alpha value is -2.61. The predicted octanol–water partition coefficient (Wildman–Crippen LogP) is 2.77. The quantitative estimate of drug-likeness (QED) is 0.818. The van der Waals surface area contributed by atoms with Crippen LogP contribution in [0.1, 0.15) is 26.3 Å². The Balaban J connectivity index is 2.43. The summed E-state index contributed by atoms with van der Waals surface area (Å²) >= 11 is 5.72. The number of Topliss-reactive ketones (excluding diaryl/α,β-unsaturated/α-hetero) is 1. The summed E-state index contributed by atoms with van der Waals surface area (Å²) in [6.45, 7) is 4.00. The smallest absolute Gasteiger partial charge is 0.414 e. The van der Waals surface area contributed by atoms with Crippen molar-refractivity contribution in [2.75, 3.05) is 6.61 Å². The molecular formula is C16H15ClFNO6. The van der Waals surface area contributed by atoms with Crippen LogP contribution in [0.15, 0.2) is 29.8 Å². The van der Waals surface area contributed by atoms with Crippen LogP contribution in [-0.2, 0) is 29.4 Å². The molecule has 0 aromatic heterocycles. The van der Waals surface area contributed by atoms with Crippen molar-refractivity contribution >= 4 is 29.4 Å². The summed E-state index contributed by atoms with van der Waals surface area (Å²) in [5, 5.41) is 2.30. The first kappa shape index (κ1) is 18.7. The van der Waals surface area contributed by atoms with Crippen LogP contribution in [0.25, 0.3) is 0 Å². The molecule has 2 rings (SSSR count). The number of ketones is 1. The number of carbonyl (C=O) groups is 3. The van der Waals surface area contributed by atoms with Gasteiger partial charge in [0.25, 0.3) is 5.78 Å². The highest BCUT2D eigenvalue weighted by Gasteiger charge is 2.51. The van der Waals surface area contributed by atoms with Crippen LogP contribution in [0, 0.1) is 5.82 Å². The minimum atomic E-state index is -1.85. The molecule has 1 aliphatic rings. The van der Waals surface area contributed by atoms with Crippen molar-refractivity contribution < 1.29 is 33.0 Å². The third kappa shape index (κ3) is 3.74. The number of nitrogens with one attached hydrogen (secondary N) is 1. The highest BCUT2D eigenvalue weighted by atomic mass is 35.5. The highest BCUT2D eigenvalue weighted by molar-refractivity contribution is 6.30. The fourth-order valence-corrected chi connectivity index (χ4v) is 2.41. The zero-order valence-electron chi connectivity index (χ0n) is 13.6. The summed E-state index contributed by atoms with van der Waals surface area (Å²) in [6, 6.07) is 3.67. The first-order chi connectivity index (χ1) is 11.7. The number of hydrogen-bond donors (Lipinski definition) is 1. The fourth-order valence-electron chi connectivity index (χ4n) is 2.25. The van der Waals surface area contributed by atoms with E-state index in [0.29, 0.717) is 0 Å². The Morgan fingerprint density at radius 2 is 2.08 bits per heavy atom. The molecule has 9 heteroatoms.